The van der Waals surface area contributed by atoms with Gasteiger partial charge in [0, 0.05) is 11.6 Å². The number of amides is 2. The van der Waals surface area contributed by atoms with Crippen LogP contribution in [0.2, 0.25) is 5.02 Å². The molecule has 1 radical (unpaired) electrons. The predicted molar refractivity (Wildman–Crippen MR) is 107 cm³/mol. The second-order valence-electron chi connectivity index (χ2n) is 6.91. The molecular formula is C20H19ClF3N4O3. The minimum atomic E-state index is -4.58. The van der Waals surface area contributed by atoms with Gasteiger partial charge in [-0.15, -0.1) is 0 Å². The maximum absolute atomic E-state index is 13.2. The largest absolute Gasteiger partial charge is 0.418 e. The normalized spacial score (nSPS) is 17.9. The lowest BCUT2D eigenvalue weighted by Gasteiger charge is -2.19. The Morgan fingerprint density at radius 3 is 2.65 bits per heavy atom. The number of hydrogen-bond acceptors (Lipinski definition) is 5. The minimum absolute atomic E-state index is 0.0278. The number of halogens is 4. The number of primary amides is 1. The van der Waals surface area contributed by atoms with Gasteiger partial charge in [0.2, 0.25) is 11.8 Å². The maximum atomic E-state index is 13.2. The van der Waals surface area contributed by atoms with Crippen molar-refractivity contribution < 1.29 is 27.5 Å². The van der Waals surface area contributed by atoms with Gasteiger partial charge in [0.1, 0.15) is 5.92 Å². The fourth-order valence-corrected chi connectivity index (χ4v) is 3.29. The van der Waals surface area contributed by atoms with Crippen molar-refractivity contribution in [3.05, 3.63) is 58.7 Å². The quantitative estimate of drug-likeness (QED) is 0.618. The lowest BCUT2D eigenvalue weighted by atomic mass is 9.99. The number of anilines is 2. The Morgan fingerprint density at radius 1 is 1.29 bits per heavy atom. The summed E-state index contributed by atoms with van der Waals surface area (Å²) in [6.45, 7) is 1.91. The van der Waals surface area contributed by atoms with E-state index < -0.39 is 35.7 Å². The topological polar surface area (TPSA) is 106 Å². The molecule has 1 aromatic carbocycles. The molecule has 1 aliphatic heterocycles. The number of alkyl halides is 3. The van der Waals surface area contributed by atoms with E-state index in [-0.39, 0.29) is 23.2 Å². The molecule has 3 rings (SSSR count). The zero-order valence-electron chi connectivity index (χ0n) is 16.3. The van der Waals surface area contributed by atoms with Crippen LogP contribution in [0.15, 0.2) is 36.5 Å². The van der Waals surface area contributed by atoms with Crippen LogP contribution in [-0.4, -0.2) is 29.5 Å². The van der Waals surface area contributed by atoms with Gasteiger partial charge in [-0.3, -0.25) is 14.6 Å². The van der Waals surface area contributed by atoms with Crippen LogP contribution in [-0.2, 0) is 20.5 Å². The molecule has 2 amide bonds. The first-order chi connectivity index (χ1) is 14.6. The second-order valence-corrected chi connectivity index (χ2v) is 7.34. The van der Waals surface area contributed by atoms with Crippen molar-refractivity contribution in [1.29, 1.82) is 0 Å². The van der Waals surface area contributed by atoms with E-state index in [4.69, 9.17) is 22.1 Å². The smallest absolute Gasteiger partial charge is 0.367 e. The zero-order valence-corrected chi connectivity index (χ0v) is 17.1. The second kappa shape index (κ2) is 9.11. The molecule has 0 bridgehead atoms. The van der Waals surface area contributed by atoms with E-state index in [1.165, 1.54) is 24.4 Å². The molecule has 0 saturated carbocycles. The van der Waals surface area contributed by atoms with E-state index in [1.54, 1.807) is 13.0 Å². The highest BCUT2D eigenvalue weighted by molar-refractivity contribution is 6.30. The van der Waals surface area contributed by atoms with Gasteiger partial charge in [-0.25, -0.2) is 0 Å². The number of nitrogens with two attached hydrogens (primary N) is 1. The van der Waals surface area contributed by atoms with Crippen molar-refractivity contribution in [2.75, 3.05) is 11.9 Å². The van der Waals surface area contributed by atoms with Crippen LogP contribution in [0.1, 0.15) is 30.6 Å². The first kappa shape index (κ1) is 22.8. The molecule has 1 aromatic heterocycles. The number of nitrogens with zero attached hydrogens (tertiary/aromatic N) is 1. The van der Waals surface area contributed by atoms with Gasteiger partial charge in [0.25, 0.3) is 0 Å². The summed E-state index contributed by atoms with van der Waals surface area (Å²) in [5.74, 6) is -0.946. The summed E-state index contributed by atoms with van der Waals surface area (Å²) in [5.41, 5.74) is 4.96. The van der Waals surface area contributed by atoms with Crippen molar-refractivity contribution in [2.45, 2.75) is 31.7 Å². The molecule has 2 atom stereocenters. The average molecular weight is 456 g/mol. The molecule has 2 aromatic rings. The van der Waals surface area contributed by atoms with Gasteiger partial charge < -0.3 is 21.1 Å². The molecule has 1 fully saturated rings. The van der Waals surface area contributed by atoms with Gasteiger partial charge in [-0.2, -0.15) is 13.2 Å². The van der Waals surface area contributed by atoms with E-state index in [9.17, 15) is 22.8 Å². The van der Waals surface area contributed by atoms with Crippen LogP contribution < -0.4 is 16.4 Å². The van der Waals surface area contributed by atoms with Gasteiger partial charge in [0.15, 0.2) is 6.10 Å². The molecule has 165 valence electrons. The molecular weight excluding hydrogens is 437 g/mol. The van der Waals surface area contributed by atoms with Crippen molar-refractivity contribution in [3.63, 3.8) is 0 Å². The number of rotatable bonds is 6. The monoisotopic (exact) mass is 455 g/mol. The first-order valence-corrected chi connectivity index (χ1v) is 9.61. The lowest BCUT2D eigenvalue weighted by Crippen LogP contribution is -2.41. The number of carbonyl (C=O) groups excluding carboxylic acids is 2. The first-order valence-electron chi connectivity index (χ1n) is 9.23. The van der Waals surface area contributed by atoms with Crippen LogP contribution in [0.5, 0.6) is 0 Å². The highest BCUT2D eigenvalue weighted by Crippen LogP contribution is 2.37. The Hall–Kier alpha value is -2.85. The SMILES string of the molecule is CC(NC(=O)[C]1CCOC1C(N)=O)c1ccc(Nc2ccc(Cl)cc2C(F)(F)F)cn1. The molecule has 2 heterocycles. The Morgan fingerprint density at radius 2 is 2.03 bits per heavy atom. The van der Waals surface area contributed by atoms with Crippen molar-refractivity contribution >= 4 is 34.8 Å². The number of benzene rings is 1. The lowest BCUT2D eigenvalue weighted by molar-refractivity contribution is -0.137. The predicted octanol–water partition coefficient (Wildman–Crippen LogP) is 3.52. The third-order valence-electron chi connectivity index (χ3n) is 4.67. The van der Waals surface area contributed by atoms with E-state index >= 15 is 0 Å². The summed E-state index contributed by atoms with van der Waals surface area (Å²) < 4.78 is 44.9. The molecule has 2 unspecified atom stereocenters. The van der Waals surface area contributed by atoms with Crippen molar-refractivity contribution in [1.82, 2.24) is 10.3 Å². The van der Waals surface area contributed by atoms with Crippen LogP contribution in [0.4, 0.5) is 24.5 Å². The molecule has 31 heavy (non-hydrogen) atoms. The van der Waals surface area contributed by atoms with Gasteiger partial charge in [0.05, 0.1) is 34.9 Å². The fourth-order valence-electron chi connectivity index (χ4n) is 3.12. The summed E-state index contributed by atoms with van der Waals surface area (Å²) >= 11 is 5.69. The molecule has 7 nitrogen and oxygen atoms in total. The van der Waals surface area contributed by atoms with Crippen LogP contribution in [0, 0.1) is 5.92 Å². The van der Waals surface area contributed by atoms with Crippen LogP contribution >= 0.6 is 11.6 Å². The summed E-state index contributed by atoms with van der Waals surface area (Å²) in [7, 11) is 0. The highest BCUT2D eigenvalue weighted by Gasteiger charge is 2.39. The molecule has 0 spiro atoms. The van der Waals surface area contributed by atoms with E-state index in [0.29, 0.717) is 17.8 Å². The van der Waals surface area contributed by atoms with Gasteiger partial charge >= 0.3 is 6.18 Å². The Labute approximate surface area is 181 Å². The molecule has 4 N–H and O–H groups in total. The van der Waals surface area contributed by atoms with E-state index in [2.05, 4.69) is 15.6 Å². The molecule has 0 aliphatic carbocycles. The standard InChI is InChI=1S/C20H19ClF3N4O3/c1-10(27-19(30)13-6-7-31-17(13)18(25)29)15-5-3-12(9-26-15)28-16-4-2-11(21)8-14(16)20(22,23)24/h2-5,8-10,17,28H,6-7H2,1H3,(H2,25,29)(H,27,30). The third kappa shape index (κ3) is 5.45. The Balaban J connectivity index is 1.68. The van der Waals surface area contributed by atoms with E-state index in [1.807, 2.05) is 0 Å². The van der Waals surface area contributed by atoms with Gasteiger partial charge in [-0.1, -0.05) is 11.6 Å². The third-order valence-corrected chi connectivity index (χ3v) is 4.90. The summed E-state index contributed by atoms with van der Waals surface area (Å²) in [6, 6.07) is 6.01. The number of hydrogen-bond donors (Lipinski definition) is 3. The molecule has 11 heteroatoms. The summed E-state index contributed by atoms with van der Waals surface area (Å²) in [6.07, 6.45) is -3.98. The Bertz CT molecular complexity index is 969. The Kier molecular flexibility index (Phi) is 6.71. The summed E-state index contributed by atoms with van der Waals surface area (Å²) in [5, 5.41) is 5.37. The van der Waals surface area contributed by atoms with Gasteiger partial charge in [-0.05, 0) is 43.7 Å². The number of carbonyl (C=O) groups is 2. The number of pyridine rings is 1. The van der Waals surface area contributed by atoms with E-state index in [0.717, 1.165) is 6.07 Å². The number of ether oxygens (including phenoxy) is 1. The number of aromatic nitrogens is 1. The minimum Gasteiger partial charge on any atom is -0.367 e. The maximum Gasteiger partial charge on any atom is 0.418 e. The fraction of sp³-hybridized carbons (Fsp3) is 0.300. The van der Waals surface area contributed by atoms with Crippen molar-refractivity contribution in [2.24, 2.45) is 5.73 Å². The highest BCUT2D eigenvalue weighted by atomic mass is 35.5. The summed E-state index contributed by atoms with van der Waals surface area (Å²) in [4.78, 5) is 28.0. The number of nitrogens with one attached hydrogen (secondary N) is 2. The van der Waals surface area contributed by atoms with Crippen molar-refractivity contribution in [3.8, 4) is 0 Å². The zero-order chi connectivity index (χ0) is 22.8. The van der Waals surface area contributed by atoms with Crippen LogP contribution in [0.25, 0.3) is 0 Å². The molecule has 1 saturated heterocycles. The average Bonchev–Trinajstić information content (AvgIpc) is 3.19. The molecule has 1 aliphatic rings. The van der Waals surface area contributed by atoms with Crippen LogP contribution in [0.3, 0.4) is 0 Å².